The molecule has 0 spiro atoms. The van der Waals surface area contributed by atoms with Crippen LogP contribution in [-0.4, -0.2) is 17.6 Å². The molecule has 0 unspecified atom stereocenters. The second-order valence-electron chi connectivity index (χ2n) is 5.03. The molecule has 0 aliphatic heterocycles. The molecular weight excluding hydrogens is 274 g/mol. The van der Waals surface area contributed by atoms with E-state index in [1.807, 2.05) is 67.6 Å². The molecule has 0 bridgehead atoms. The molecule has 0 saturated carbocycles. The molecular formula is C19H17NO2. The molecule has 0 saturated heterocycles. The summed E-state index contributed by atoms with van der Waals surface area (Å²) in [6.07, 6.45) is 0.261. The monoisotopic (exact) mass is 291 g/mol. The first kappa shape index (κ1) is 14.3. The summed E-state index contributed by atoms with van der Waals surface area (Å²) in [6.45, 7) is 2.21. The summed E-state index contributed by atoms with van der Waals surface area (Å²) in [5.41, 5.74) is 3.75. The van der Waals surface area contributed by atoms with Crippen molar-refractivity contribution in [1.82, 2.24) is 4.98 Å². The number of hydrogen-bond donors (Lipinski definition) is 0. The molecule has 0 N–H and O–H groups in total. The summed E-state index contributed by atoms with van der Waals surface area (Å²) >= 11 is 0. The fourth-order valence-electron chi connectivity index (χ4n) is 2.52. The summed E-state index contributed by atoms with van der Waals surface area (Å²) in [6, 6.07) is 19.8. The van der Waals surface area contributed by atoms with E-state index in [1.165, 1.54) is 0 Å². The predicted octanol–water partition coefficient (Wildman–Crippen LogP) is 4.01. The quantitative estimate of drug-likeness (QED) is 0.682. The zero-order valence-corrected chi connectivity index (χ0v) is 12.5. The average Bonchev–Trinajstić information content (AvgIpc) is 2.56. The molecule has 0 fully saturated rings. The Labute approximate surface area is 129 Å². The number of aromatic nitrogens is 1. The number of nitrogens with zero attached hydrogens (tertiary/aromatic N) is 1. The van der Waals surface area contributed by atoms with Crippen LogP contribution < -0.4 is 0 Å². The number of benzene rings is 2. The van der Waals surface area contributed by atoms with E-state index in [4.69, 9.17) is 9.72 Å². The smallest absolute Gasteiger partial charge is 0.310 e. The first-order valence-electron chi connectivity index (χ1n) is 7.37. The zero-order chi connectivity index (χ0) is 15.4. The predicted molar refractivity (Wildman–Crippen MR) is 87.5 cm³/mol. The maximum absolute atomic E-state index is 11.9. The SMILES string of the molecule is CCOC(=O)Cc1cc(-c2ccccc2)nc2ccccc12. The van der Waals surface area contributed by atoms with Crippen molar-refractivity contribution in [3.05, 3.63) is 66.2 Å². The summed E-state index contributed by atoms with van der Waals surface area (Å²) in [5.74, 6) is -0.210. The van der Waals surface area contributed by atoms with E-state index in [0.717, 1.165) is 27.7 Å². The van der Waals surface area contributed by atoms with Gasteiger partial charge in [0.15, 0.2) is 0 Å². The second-order valence-corrected chi connectivity index (χ2v) is 5.03. The first-order chi connectivity index (χ1) is 10.8. The highest BCUT2D eigenvalue weighted by molar-refractivity contribution is 5.88. The molecule has 110 valence electrons. The van der Waals surface area contributed by atoms with Gasteiger partial charge < -0.3 is 4.74 Å². The van der Waals surface area contributed by atoms with Crippen molar-refractivity contribution in [2.24, 2.45) is 0 Å². The van der Waals surface area contributed by atoms with Crippen LogP contribution in [0.1, 0.15) is 12.5 Å². The molecule has 3 nitrogen and oxygen atoms in total. The van der Waals surface area contributed by atoms with Crippen molar-refractivity contribution < 1.29 is 9.53 Å². The maximum atomic E-state index is 11.9. The number of rotatable bonds is 4. The Morgan fingerprint density at radius 2 is 1.77 bits per heavy atom. The fraction of sp³-hybridized carbons (Fsp3) is 0.158. The third-order valence-electron chi connectivity index (χ3n) is 3.51. The Morgan fingerprint density at radius 1 is 1.05 bits per heavy atom. The van der Waals surface area contributed by atoms with Gasteiger partial charge in [-0.3, -0.25) is 4.79 Å². The van der Waals surface area contributed by atoms with Crippen molar-refractivity contribution in [1.29, 1.82) is 0 Å². The lowest BCUT2D eigenvalue weighted by Crippen LogP contribution is -2.08. The number of fused-ring (bicyclic) bond motifs is 1. The Morgan fingerprint density at radius 3 is 2.55 bits per heavy atom. The molecule has 0 atom stereocenters. The van der Waals surface area contributed by atoms with Crippen LogP contribution in [0.4, 0.5) is 0 Å². The van der Waals surface area contributed by atoms with E-state index >= 15 is 0 Å². The number of ether oxygens (including phenoxy) is 1. The minimum atomic E-state index is -0.210. The summed E-state index contributed by atoms with van der Waals surface area (Å²) in [5, 5.41) is 0.996. The van der Waals surface area contributed by atoms with Crippen molar-refractivity contribution in [3.8, 4) is 11.3 Å². The number of para-hydroxylation sites is 1. The van der Waals surface area contributed by atoms with Gasteiger partial charge in [-0.2, -0.15) is 0 Å². The highest BCUT2D eigenvalue weighted by Crippen LogP contribution is 2.25. The molecule has 3 heteroatoms. The van der Waals surface area contributed by atoms with Crippen molar-refractivity contribution in [2.45, 2.75) is 13.3 Å². The number of carbonyl (C=O) groups excluding carboxylic acids is 1. The molecule has 3 aromatic rings. The molecule has 22 heavy (non-hydrogen) atoms. The van der Waals surface area contributed by atoms with Crippen LogP contribution in [0.2, 0.25) is 0 Å². The van der Waals surface area contributed by atoms with Gasteiger partial charge in [-0.15, -0.1) is 0 Å². The molecule has 2 aromatic carbocycles. The Bertz CT molecular complexity index is 797. The number of hydrogen-bond acceptors (Lipinski definition) is 3. The average molecular weight is 291 g/mol. The summed E-state index contributed by atoms with van der Waals surface area (Å²) < 4.78 is 5.08. The highest BCUT2D eigenvalue weighted by Gasteiger charge is 2.11. The molecule has 1 aromatic heterocycles. The topological polar surface area (TPSA) is 39.2 Å². The highest BCUT2D eigenvalue weighted by atomic mass is 16.5. The van der Waals surface area contributed by atoms with Crippen LogP contribution in [0.15, 0.2) is 60.7 Å². The normalized spacial score (nSPS) is 10.6. The number of carbonyl (C=O) groups is 1. The van der Waals surface area contributed by atoms with Gasteiger partial charge in [0.05, 0.1) is 24.2 Å². The summed E-state index contributed by atoms with van der Waals surface area (Å²) in [7, 11) is 0. The fourth-order valence-corrected chi connectivity index (χ4v) is 2.52. The van der Waals surface area contributed by atoms with E-state index in [0.29, 0.717) is 6.61 Å². The van der Waals surface area contributed by atoms with Gasteiger partial charge in [0.2, 0.25) is 0 Å². The molecule has 0 aliphatic rings. The third-order valence-corrected chi connectivity index (χ3v) is 3.51. The molecule has 0 aliphatic carbocycles. The number of pyridine rings is 1. The summed E-state index contributed by atoms with van der Waals surface area (Å²) in [4.78, 5) is 16.6. The Balaban J connectivity index is 2.10. The van der Waals surface area contributed by atoms with E-state index in [1.54, 1.807) is 0 Å². The van der Waals surface area contributed by atoms with Crippen LogP contribution >= 0.6 is 0 Å². The van der Waals surface area contributed by atoms with Crippen LogP contribution in [0.3, 0.4) is 0 Å². The van der Waals surface area contributed by atoms with Crippen molar-refractivity contribution in [3.63, 3.8) is 0 Å². The standard InChI is InChI=1S/C19H17NO2/c1-2-22-19(21)13-15-12-18(14-8-4-3-5-9-14)20-17-11-7-6-10-16(15)17/h3-12H,2,13H2,1H3. The van der Waals surface area contributed by atoms with Crippen LogP contribution in [0.5, 0.6) is 0 Å². The minimum absolute atomic E-state index is 0.210. The van der Waals surface area contributed by atoms with Gasteiger partial charge in [-0.05, 0) is 24.6 Å². The molecule has 0 radical (unpaired) electrons. The number of esters is 1. The van der Waals surface area contributed by atoms with Gasteiger partial charge in [-0.25, -0.2) is 4.98 Å². The third kappa shape index (κ3) is 2.98. The Kier molecular flexibility index (Phi) is 4.15. The van der Waals surface area contributed by atoms with Crippen LogP contribution in [0, 0.1) is 0 Å². The van der Waals surface area contributed by atoms with Crippen LogP contribution in [-0.2, 0) is 16.0 Å². The van der Waals surface area contributed by atoms with Crippen LogP contribution in [0.25, 0.3) is 22.2 Å². The van der Waals surface area contributed by atoms with Gasteiger partial charge in [0.1, 0.15) is 0 Å². The maximum Gasteiger partial charge on any atom is 0.310 e. The lowest BCUT2D eigenvalue weighted by molar-refractivity contribution is -0.142. The van der Waals surface area contributed by atoms with E-state index in [-0.39, 0.29) is 12.4 Å². The molecule has 0 amide bonds. The van der Waals surface area contributed by atoms with Crippen molar-refractivity contribution >= 4 is 16.9 Å². The van der Waals surface area contributed by atoms with Gasteiger partial charge in [0.25, 0.3) is 0 Å². The first-order valence-corrected chi connectivity index (χ1v) is 7.37. The minimum Gasteiger partial charge on any atom is -0.466 e. The van der Waals surface area contributed by atoms with E-state index in [9.17, 15) is 4.79 Å². The van der Waals surface area contributed by atoms with Gasteiger partial charge >= 0.3 is 5.97 Å². The molecule has 3 rings (SSSR count). The Hall–Kier alpha value is -2.68. The van der Waals surface area contributed by atoms with Crippen molar-refractivity contribution in [2.75, 3.05) is 6.61 Å². The van der Waals surface area contributed by atoms with E-state index < -0.39 is 0 Å². The molecule has 1 heterocycles. The van der Waals surface area contributed by atoms with Gasteiger partial charge in [0, 0.05) is 10.9 Å². The van der Waals surface area contributed by atoms with E-state index in [2.05, 4.69) is 0 Å². The second kappa shape index (κ2) is 6.39. The lowest BCUT2D eigenvalue weighted by Gasteiger charge is -2.09. The van der Waals surface area contributed by atoms with Gasteiger partial charge in [-0.1, -0.05) is 48.5 Å². The lowest BCUT2D eigenvalue weighted by atomic mass is 10.0. The largest absolute Gasteiger partial charge is 0.466 e. The zero-order valence-electron chi connectivity index (χ0n) is 12.5.